The van der Waals surface area contributed by atoms with E-state index in [1.54, 1.807) is 6.92 Å². The number of hydrogen-bond donors (Lipinski definition) is 1. The molecule has 0 amide bonds. The molecule has 0 radical (unpaired) electrons. The molecule has 2 aromatic heterocycles. The number of aromatic nitrogens is 3. The topological polar surface area (TPSA) is 131 Å². The number of aryl methyl sites for hydroxylation is 1. The molecular weight excluding hydrogens is 468 g/mol. The smallest absolute Gasteiger partial charge is 0.295 e. The van der Waals surface area contributed by atoms with Crippen LogP contribution in [0, 0.1) is 11.6 Å². The summed E-state index contributed by atoms with van der Waals surface area (Å²) in [6.45, 7) is 1.67. The third-order valence-electron chi connectivity index (χ3n) is 4.71. The minimum absolute atomic E-state index is 0.0589. The number of sulfone groups is 1. The first kappa shape index (κ1) is 23.7. The van der Waals surface area contributed by atoms with Gasteiger partial charge in [-0.3, -0.25) is 14.1 Å². The first-order valence-electron chi connectivity index (χ1n) is 9.07. The van der Waals surface area contributed by atoms with Gasteiger partial charge in [0.2, 0.25) is 15.0 Å². The van der Waals surface area contributed by atoms with Crippen molar-refractivity contribution in [3.8, 4) is 11.1 Å². The van der Waals surface area contributed by atoms with E-state index in [-0.39, 0.29) is 17.6 Å². The first-order chi connectivity index (χ1) is 14.8. The van der Waals surface area contributed by atoms with Crippen molar-refractivity contribution in [2.75, 3.05) is 24.6 Å². The highest BCUT2D eigenvalue weighted by molar-refractivity contribution is 7.90. The Morgan fingerprint density at radius 2 is 1.84 bits per heavy atom. The fourth-order valence-electron chi connectivity index (χ4n) is 2.85. The lowest BCUT2D eigenvalue weighted by Crippen LogP contribution is -2.32. The average molecular weight is 488 g/mol. The molecule has 0 aliphatic rings. The summed E-state index contributed by atoms with van der Waals surface area (Å²) in [5, 5.41) is -0.369. The fourth-order valence-corrected chi connectivity index (χ4v) is 4.28. The predicted octanol–water partition coefficient (Wildman–Crippen LogP) is 1.29. The van der Waals surface area contributed by atoms with Crippen LogP contribution in [0.25, 0.3) is 22.2 Å². The van der Waals surface area contributed by atoms with E-state index in [0.717, 1.165) is 39.5 Å². The number of hydrogen-bond acceptors (Lipinski definition) is 7. The zero-order chi connectivity index (χ0) is 24.0. The summed E-state index contributed by atoms with van der Waals surface area (Å²) in [6, 6.07) is 2.85. The van der Waals surface area contributed by atoms with Gasteiger partial charge in [0.15, 0.2) is 5.82 Å². The number of benzene rings is 1. The molecule has 0 spiro atoms. The van der Waals surface area contributed by atoms with Crippen molar-refractivity contribution in [2.24, 2.45) is 7.05 Å². The first-order valence-corrected chi connectivity index (χ1v) is 12.4. The lowest BCUT2D eigenvalue weighted by Gasteiger charge is -2.18. The molecule has 32 heavy (non-hydrogen) atoms. The van der Waals surface area contributed by atoms with Gasteiger partial charge in [-0.15, -0.1) is 0 Å². The van der Waals surface area contributed by atoms with Crippen molar-refractivity contribution in [2.45, 2.75) is 12.1 Å². The second-order valence-corrected chi connectivity index (χ2v) is 10.6. The Morgan fingerprint density at radius 1 is 1.19 bits per heavy atom. The average Bonchev–Trinajstić information content (AvgIpc) is 2.72. The summed E-state index contributed by atoms with van der Waals surface area (Å²) in [5.74, 6) is -2.39. The second kappa shape index (κ2) is 8.18. The molecule has 0 unspecified atom stereocenters. The zero-order valence-corrected chi connectivity index (χ0v) is 19.1. The van der Waals surface area contributed by atoms with Gasteiger partial charge in [-0.2, -0.15) is 17.7 Å². The van der Waals surface area contributed by atoms with Crippen LogP contribution in [0.5, 0.6) is 0 Å². The lowest BCUT2D eigenvalue weighted by molar-refractivity contribution is 0.491. The molecule has 0 bridgehead atoms. The normalized spacial score (nSPS) is 12.5. The van der Waals surface area contributed by atoms with Gasteiger partial charge >= 0.3 is 10.2 Å². The van der Waals surface area contributed by atoms with Crippen LogP contribution < -0.4 is 10.3 Å². The third-order valence-corrected chi connectivity index (χ3v) is 7.13. The summed E-state index contributed by atoms with van der Waals surface area (Å²) >= 11 is 0. The van der Waals surface area contributed by atoms with E-state index in [1.807, 2.05) is 4.72 Å². The Kier molecular flexibility index (Phi) is 6.06. The quantitative estimate of drug-likeness (QED) is 0.518. The van der Waals surface area contributed by atoms with Gasteiger partial charge in [-0.25, -0.2) is 22.2 Å². The number of nitrogens with zero attached hydrogens (tertiary/aromatic N) is 4. The van der Waals surface area contributed by atoms with E-state index in [9.17, 15) is 26.0 Å². The van der Waals surface area contributed by atoms with Gasteiger partial charge < -0.3 is 0 Å². The van der Waals surface area contributed by atoms with Gasteiger partial charge in [0.05, 0.1) is 16.8 Å². The summed E-state index contributed by atoms with van der Waals surface area (Å²) in [6.07, 6.45) is 2.01. The van der Waals surface area contributed by atoms with E-state index < -0.39 is 59.2 Å². The number of nitrogens with one attached hydrogen (secondary N) is 1. The standard InChI is InChI=1S/C18H19F2N5O5S2/c1-5-24(2)32(29,30)23-13-7-6-12(19)14(15(13)20)11-8-10-9-21-18(31(4,27)28)22-16(10)25(3)17(11)26/h6-9,23H,5H2,1-4H3. The van der Waals surface area contributed by atoms with Crippen molar-refractivity contribution in [1.29, 1.82) is 0 Å². The Balaban J connectivity index is 2.25. The van der Waals surface area contributed by atoms with E-state index in [1.165, 1.54) is 14.1 Å². The van der Waals surface area contributed by atoms with Crippen LogP contribution in [0.1, 0.15) is 6.92 Å². The van der Waals surface area contributed by atoms with Crippen LogP contribution in [0.4, 0.5) is 14.5 Å². The minimum Gasteiger partial charge on any atom is -0.295 e. The highest BCUT2D eigenvalue weighted by atomic mass is 32.2. The van der Waals surface area contributed by atoms with E-state index in [0.29, 0.717) is 0 Å². The largest absolute Gasteiger partial charge is 0.301 e. The maximum atomic E-state index is 15.2. The molecule has 14 heteroatoms. The Hall–Kier alpha value is -2.97. The van der Waals surface area contributed by atoms with Crippen molar-refractivity contribution < 1.29 is 25.6 Å². The molecule has 0 saturated heterocycles. The van der Waals surface area contributed by atoms with Crippen molar-refractivity contribution >= 4 is 36.8 Å². The number of halogens is 2. The van der Waals surface area contributed by atoms with Crippen LogP contribution in [0.3, 0.4) is 0 Å². The van der Waals surface area contributed by atoms with Gasteiger partial charge in [0.25, 0.3) is 5.56 Å². The molecule has 1 aromatic carbocycles. The Bertz CT molecular complexity index is 1500. The number of fused-ring (bicyclic) bond motifs is 1. The van der Waals surface area contributed by atoms with Crippen LogP contribution in [-0.2, 0) is 27.1 Å². The summed E-state index contributed by atoms with van der Waals surface area (Å²) in [5.41, 5.74) is -2.65. The molecule has 2 heterocycles. The molecule has 0 fully saturated rings. The Morgan fingerprint density at radius 3 is 2.44 bits per heavy atom. The summed E-state index contributed by atoms with van der Waals surface area (Å²) in [4.78, 5) is 20.5. The molecular formula is C18H19F2N5O5S2. The van der Waals surface area contributed by atoms with E-state index in [4.69, 9.17) is 0 Å². The molecule has 3 rings (SSSR count). The summed E-state index contributed by atoms with van der Waals surface area (Å²) < 4.78 is 81.6. The molecule has 1 N–H and O–H groups in total. The van der Waals surface area contributed by atoms with Crippen molar-refractivity contribution in [3.63, 3.8) is 0 Å². The highest BCUT2D eigenvalue weighted by Gasteiger charge is 2.24. The molecule has 10 nitrogen and oxygen atoms in total. The molecule has 0 aliphatic heterocycles. The van der Waals surface area contributed by atoms with Crippen LogP contribution in [-0.4, -0.2) is 55.5 Å². The second-order valence-electron chi connectivity index (χ2n) is 6.93. The zero-order valence-electron chi connectivity index (χ0n) is 17.4. The SMILES string of the molecule is CCN(C)S(=O)(=O)Nc1ccc(F)c(-c2cc3cnc(S(C)(=O)=O)nc3n(C)c2=O)c1F. The van der Waals surface area contributed by atoms with Crippen molar-refractivity contribution in [1.82, 2.24) is 18.8 Å². The van der Waals surface area contributed by atoms with Gasteiger partial charge in [-0.05, 0) is 18.2 Å². The molecule has 172 valence electrons. The van der Waals surface area contributed by atoms with E-state index >= 15 is 4.39 Å². The molecule has 3 aromatic rings. The minimum atomic E-state index is -4.11. The summed E-state index contributed by atoms with van der Waals surface area (Å²) in [7, 11) is -5.34. The third kappa shape index (κ3) is 4.20. The van der Waals surface area contributed by atoms with Gasteiger partial charge in [-0.1, -0.05) is 6.92 Å². The predicted molar refractivity (Wildman–Crippen MR) is 114 cm³/mol. The number of pyridine rings is 1. The highest BCUT2D eigenvalue weighted by Crippen LogP contribution is 2.31. The monoisotopic (exact) mass is 487 g/mol. The Labute approximate surface area is 182 Å². The van der Waals surface area contributed by atoms with Crippen LogP contribution in [0.2, 0.25) is 0 Å². The molecule has 0 saturated carbocycles. The maximum Gasteiger partial charge on any atom is 0.301 e. The fraction of sp³-hybridized carbons (Fsp3) is 0.278. The van der Waals surface area contributed by atoms with Gasteiger partial charge in [0.1, 0.15) is 11.5 Å². The molecule has 0 atom stereocenters. The van der Waals surface area contributed by atoms with Crippen LogP contribution >= 0.6 is 0 Å². The number of rotatable bonds is 6. The van der Waals surface area contributed by atoms with E-state index in [2.05, 4.69) is 9.97 Å². The molecule has 0 aliphatic carbocycles. The maximum absolute atomic E-state index is 15.2. The van der Waals surface area contributed by atoms with Gasteiger partial charge in [0, 0.05) is 38.5 Å². The van der Waals surface area contributed by atoms with Crippen LogP contribution in [0.15, 0.2) is 34.3 Å². The number of anilines is 1. The lowest BCUT2D eigenvalue weighted by atomic mass is 10.0. The van der Waals surface area contributed by atoms with Crippen molar-refractivity contribution in [3.05, 3.63) is 46.4 Å².